The number of hydrogen-bond acceptors (Lipinski definition) is 1. The summed E-state index contributed by atoms with van der Waals surface area (Å²) >= 11 is 0. The Morgan fingerprint density at radius 1 is 1.13 bits per heavy atom. The third-order valence-corrected chi connectivity index (χ3v) is 2.50. The molecule has 0 spiro atoms. The van der Waals surface area contributed by atoms with Gasteiger partial charge in [-0.15, -0.1) is 0 Å². The molecule has 0 saturated heterocycles. The second kappa shape index (κ2) is 5.69. The Hall–Kier alpha value is -1.11. The van der Waals surface area contributed by atoms with Gasteiger partial charge in [-0.2, -0.15) is 0 Å². The maximum Gasteiger partial charge on any atom is 0.163 e. The molecule has 0 aliphatic rings. The van der Waals surface area contributed by atoms with Crippen LogP contribution in [-0.2, 0) is 0 Å². The highest BCUT2D eigenvalue weighted by Gasteiger charge is 2.11. The van der Waals surface area contributed by atoms with Crippen LogP contribution in [0.2, 0.25) is 0 Å². The van der Waals surface area contributed by atoms with Crippen molar-refractivity contribution in [2.75, 3.05) is 0 Å². The fourth-order valence-corrected chi connectivity index (χ4v) is 1.95. The molecule has 0 bridgehead atoms. The van der Waals surface area contributed by atoms with Crippen LogP contribution in [0.25, 0.3) is 0 Å². The third kappa shape index (κ3) is 4.28. The molecule has 0 aliphatic carbocycles. The Labute approximate surface area is 92.5 Å². The van der Waals surface area contributed by atoms with Gasteiger partial charge < -0.3 is 0 Å². The monoisotopic (exact) mass is 204 g/mol. The summed E-state index contributed by atoms with van der Waals surface area (Å²) in [7, 11) is 0. The van der Waals surface area contributed by atoms with Gasteiger partial charge in [0.15, 0.2) is 5.78 Å². The Bertz CT molecular complexity index is 300. The molecule has 82 valence electrons. The number of hydrogen-bond donors (Lipinski definition) is 0. The molecule has 0 aliphatic heterocycles. The second-order valence-electron chi connectivity index (χ2n) is 4.73. The van der Waals surface area contributed by atoms with Crippen LogP contribution in [-0.4, -0.2) is 5.78 Å². The predicted octanol–water partition coefficient (Wildman–Crippen LogP) is 3.94. The first-order valence-corrected chi connectivity index (χ1v) is 5.68. The van der Waals surface area contributed by atoms with Crippen LogP contribution in [0.3, 0.4) is 0 Å². The molecule has 0 heterocycles. The van der Waals surface area contributed by atoms with E-state index in [1.54, 1.807) is 0 Å². The average Bonchev–Trinajstić information content (AvgIpc) is 2.17. The lowest BCUT2D eigenvalue weighted by atomic mass is 9.92. The first-order chi connectivity index (χ1) is 7.09. The highest BCUT2D eigenvalue weighted by atomic mass is 16.1. The zero-order valence-corrected chi connectivity index (χ0v) is 9.86. The number of ketones is 1. The molecule has 0 amide bonds. The van der Waals surface area contributed by atoms with Gasteiger partial charge in [0.1, 0.15) is 0 Å². The molecule has 1 atom stereocenters. The van der Waals surface area contributed by atoms with Crippen molar-refractivity contribution < 1.29 is 4.79 Å². The van der Waals surface area contributed by atoms with Crippen LogP contribution in [0.5, 0.6) is 0 Å². The van der Waals surface area contributed by atoms with E-state index in [1.807, 2.05) is 30.3 Å². The Morgan fingerprint density at radius 2 is 1.73 bits per heavy atom. The van der Waals surface area contributed by atoms with Crippen molar-refractivity contribution in [3.8, 4) is 0 Å². The van der Waals surface area contributed by atoms with Crippen LogP contribution in [0.1, 0.15) is 44.0 Å². The highest BCUT2D eigenvalue weighted by Crippen LogP contribution is 2.17. The van der Waals surface area contributed by atoms with E-state index in [0.717, 1.165) is 12.0 Å². The fourth-order valence-electron chi connectivity index (χ4n) is 1.95. The minimum absolute atomic E-state index is 0.267. The Balaban J connectivity index is 2.49. The van der Waals surface area contributed by atoms with Crippen molar-refractivity contribution in [3.63, 3.8) is 0 Å². The van der Waals surface area contributed by atoms with Crippen molar-refractivity contribution in [1.82, 2.24) is 0 Å². The summed E-state index contributed by atoms with van der Waals surface area (Å²) in [6, 6.07) is 9.56. The van der Waals surface area contributed by atoms with Crippen LogP contribution in [0, 0.1) is 11.8 Å². The first kappa shape index (κ1) is 12.0. The standard InChI is InChI=1S/C14H20O/c1-11(2)9-12(3)10-14(15)13-7-5-4-6-8-13/h4-8,11-12H,9-10H2,1-3H3/t12-/m1/s1. The van der Waals surface area contributed by atoms with Crippen molar-refractivity contribution >= 4 is 5.78 Å². The molecule has 1 aromatic rings. The molecule has 0 fully saturated rings. The van der Waals surface area contributed by atoms with Gasteiger partial charge in [-0.1, -0.05) is 51.1 Å². The van der Waals surface area contributed by atoms with E-state index in [2.05, 4.69) is 20.8 Å². The molecule has 1 rings (SSSR count). The Kier molecular flexibility index (Phi) is 4.54. The maximum atomic E-state index is 11.8. The molecule has 1 aromatic carbocycles. The molecular formula is C14H20O. The van der Waals surface area contributed by atoms with Gasteiger partial charge >= 0.3 is 0 Å². The number of carbonyl (C=O) groups is 1. The molecule has 0 saturated carbocycles. The maximum absolute atomic E-state index is 11.8. The topological polar surface area (TPSA) is 17.1 Å². The van der Waals surface area contributed by atoms with Crippen molar-refractivity contribution in [2.45, 2.75) is 33.6 Å². The highest BCUT2D eigenvalue weighted by molar-refractivity contribution is 5.96. The molecule has 1 heteroatoms. The smallest absolute Gasteiger partial charge is 0.163 e. The average molecular weight is 204 g/mol. The normalized spacial score (nSPS) is 12.8. The number of benzene rings is 1. The van der Waals surface area contributed by atoms with Crippen LogP contribution in [0.4, 0.5) is 0 Å². The quantitative estimate of drug-likeness (QED) is 0.664. The summed E-state index contributed by atoms with van der Waals surface area (Å²) in [6.07, 6.45) is 1.79. The Morgan fingerprint density at radius 3 is 2.27 bits per heavy atom. The molecule has 0 unspecified atom stereocenters. The number of rotatable bonds is 5. The molecule has 15 heavy (non-hydrogen) atoms. The fraction of sp³-hybridized carbons (Fsp3) is 0.500. The minimum Gasteiger partial charge on any atom is -0.294 e. The van der Waals surface area contributed by atoms with Gasteiger partial charge in [0.05, 0.1) is 0 Å². The number of carbonyl (C=O) groups excluding carboxylic acids is 1. The van der Waals surface area contributed by atoms with E-state index in [0.29, 0.717) is 18.3 Å². The molecule has 0 aromatic heterocycles. The summed E-state index contributed by atoms with van der Waals surface area (Å²) in [5.41, 5.74) is 0.841. The third-order valence-electron chi connectivity index (χ3n) is 2.50. The van der Waals surface area contributed by atoms with E-state index in [-0.39, 0.29) is 5.78 Å². The van der Waals surface area contributed by atoms with Gasteiger partial charge in [-0.05, 0) is 18.3 Å². The SMILES string of the molecule is CC(C)C[C@@H](C)CC(=O)c1ccccc1. The van der Waals surface area contributed by atoms with E-state index in [4.69, 9.17) is 0 Å². The lowest BCUT2D eigenvalue weighted by Gasteiger charge is -2.12. The minimum atomic E-state index is 0.267. The van der Waals surface area contributed by atoms with Crippen molar-refractivity contribution in [3.05, 3.63) is 35.9 Å². The first-order valence-electron chi connectivity index (χ1n) is 5.68. The van der Waals surface area contributed by atoms with Crippen molar-refractivity contribution in [1.29, 1.82) is 0 Å². The van der Waals surface area contributed by atoms with Crippen molar-refractivity contribution in [2.24, 2.45) is 11.8 Å². The van der Waals surface area contributed by atoms with Gasteiger partial charge in [0.2, 0.25) is 0 Å². The largest absolute Gasteiger partial charge is 0.294 e. The zero-order chi connectivity index (χ0) is 11.3. The zero-order valence-electron chi connectivity index (χ0n) is 9.86. The van der Waals surface area contributed by atoms with Gasteiger partial charge in [-0.25, -0.2) is 0 Å². The lowest BCUT2D eigenvalue weighted by molar-refractivity contribution is 0.0960. The predicted molar refractivity (Wildman–Crippen MR) is 64.0 cm³/mol. The molecule has 0 N–H and O–H groups in total. The molecule has 1 nitrogen and oxygen atoms in total. The van der Waals surface area contributed by atoms with Gasteiger partial charge in [0, 0.05) is 12.0 Å². The van der Waals surface area contributed by atoms with Crippen LogP contribution in [0.15, 0.2) is 30.3 Å². The molecule has 0 radical (unpaired) electrons. The number of Topliss-reactive ketones (excluding diaryl/α,β-unsaturated/α-hetero) is 1. The summed E-state index contributed by atoms with van der Waals surface area (Å²) < 4.78 is 0. The second-order valence-corrected chi connectivity index (χ2v) is 4.73. The summed E-state index contributed by atoms with van der Waals surface area (Å²) in [4.78, 5) is 11.8. The van der Waals surface area contributed by atoms with Crippen LogP contribution < -0.4 is 0 Å². The van der Waals surface area contributed by atoms with E-state index >= 15 is 0 Å². The van der Waals surface area contributed by atoms with E-state index in [9.17, 15) is 4.79 Å². The van der Waals surface area contributed by atoms with E-state index in [1.165, 1.54) is 0 Å². The van der Waals surface area contributed by atoms with E-state index < -0.39 is 0 Å². The van der Waals surface area contributed by atoms with Gasteiger partial charge in [-0.3, -0.25) is 4.79 Å². The van der Waals surface area contributed by atoms with Gasteiger partial charge in [0.25, 0.3) is 0 Å². The van der Waals surface area contributed by atoms with Crippen LogP contribution >= 0.6 is 0 Å². The summed E-state index contributed by atoms with van der Waals surface area (Å²) in [5.74, 6) is 1.42. The molecular weight excluding hydrogens is 184 g/mol. The summed E-state index contributed by atoms with van der Waals surface area (Å²) in [6.45, 7) is 6.55. The summed E-state index contributed by atoms with van der Waals surface area (Å²) in [5, 5.41) is 0. The lowest BCUT2D eigenvalue weighted by Crippen LogP contribution is -2.08.